The molecule has 0 fully saturated rings. The molecule has 0 spiro atoms. The van der Waals surface area contributed by atoms with E-state index in [1.54, 1.807) is 0 Å². The molecule has 0 saturated carbocycles. The summed E-state index contributed by atoms with van der Waals surface area (Å²) in [7, 11) is 0. The van der Waals surface area contributed by atoms with Crippen LogP contribution in [-0.4, -0.2) is 4.57 Å². The Hall–Kier alpha value is -6.94. The van der Waals surface area contributed by atoms with Gasteiger partial charge in [-0.1, -0.05) is 175 Å². The average molecular weight is 871 g/mol. The van der Waals surface area contributed by atoms with Crippen LogP contribution in [0.2, 0.25) is 0 Å². The van der Waals surface area contributed by atoms with E-state index in [4.69, 9.17) is 0 Å². The Labute approximate surface area is 393 Å². The molecule has 0 saturated heterocycles. The summed E-state index contributed by atoms with van der Waals surface area (Å²) in [6.45, 7) is 14.7. The van der Waals surface area contributed by atoms with Crippen LogP contribution in [0.5, 0.6) is 0 Å². The SMILES string of the molecule is CC1(C)CCC(C)(C)c2c(-c3cc(N(c4ccc(-c5ccccc5)cc4)c4ccc(-c5ccc6c(c5)sc5ccccc56)n4-c4ccccc4)cc4c3-c3ccccc3C4(C)C)cccc21. The lowest BCUT2D eigenvalue weighted by Crippen LogP contribution is -2.34. The van der Waals surface area contributed by atoms with Crippen LogP contribution in [-0.2, 0) is 16.2 Å². The summed E-state index contributed by atoms with van der Waals surface area (Å²) >= 11 is 1.87. The van der Waals surface area contributed by atoms with E-state index in [1.807, 2.05) is 11.3 Å². The fourth-order valence-electron chi connectivity index (χ4n) is 11.5. The van der Waals surface area contributed by atoms with Crippen molar-refractivity contribution in [3.05, 3.63) is 216 Å². The highest BCUT2D eigenvalue weighted by Gasteiger charge is 2.42. The van der Waals surface area contributed by atoms with Crippen LogP contribution in [0.15, 0.2) is 194 Å². The molecule has 3 heteroatoms. The van der Waals surface area contributed by atoms with Gasteiger partial charge < -0.3 is 0 Å². The van der Waals surface area contributed by atoms with Gasteiger partial charge in [0.25, 0.3) is 0 Å². The summed E-state index contributed by atoms with van der Waals surface area (Å²) in [6, 6.07) is 72.7. The Kier molecular flexibility index (Phi) is 9.25. The van der Waals surface area contributed by atoms with Crippen molar-refractivity contribution in [2.75, 3.05) is 4.90 Å². The van der Waals surface area contributed by atoms with Crippen LogP contribution in [0.3, 0.4) is 0 Å². The number of rotatable bonds is 7. The van der Waals surface area contributed by atoms with Gasteiger partial charge in [0.1, 0.15) is 5.82 Å². The van der Waals surface area contributed by atoms with Gasteiger partial charge in [-0.25, -0.2) is 0 Å². The van der Waals surface area contributed by atoms with E-state index in [0.717, 1.165) is 35.0 Å². The highest BCUT2D eigenvalue weighted by Crippen LogP contribution is 2.57. The van der Waals surface area contributed by atoms with Crippen LogP contribution >= 0.6 is 11.3 Å². The Balaban J connectivity index is 1.15. The molecule has 0 atom stereocenters. The van der Waals surface area contributed by atoms with E-state index in [0.29, 0.717) is 0 Å². The van der Waals surface area contributed by atoms with Crippen molar-refractivity contribution >= 4 is 48.7 Å². The van der Waals surface area contributed by atoms with Crippen molar-refractivity contribution in [1.29, 1.82) is 0 Å². The van der Waals surface area contributed by atoms with E-state index in [2.05, 4.69) is 245 Å². The molecule has 0 radical (unpaired) electrons. The molecule has 0 unspecified atom stereocenters. The molecular weight excluding hydrogens is 817 g/mol. The van der Waals surface area contributed by atoms with E-state index >= 15 is 0 Å². The Morgan fingerprint density at radius 2 is 1.08 bits per heavy atom. The third-order valence-corrected chi connectivity index (χ3v) is 16.2. The number of nitrogens with zero attached hydrogens (tertiary/aromatic N) is 2. The number of para-hydroxylation sites is 1. The van der Waals surface area contributed by atoms with Gasteiger partial charge in [0.05, 0.1) is 5.69 Å². The predicted molar refractivity (Wildman–Crippen MR) is 282 cm³/mol. The molecule has 2 aliphatic rings. The smallest absolute Gasteiger partial charge is 0.122 e. The first-order chi connectivity index (χ1) is 32.0. The molecule has 0 aliphatic heterocycles. The molecule has 322 valence electrons. The second-order valence-corrected chi connectivity index (χ2v) is 21.5. The standard InChI is InChI=1S/C63H54N2S/c1-61(2)36-37-62(3,4)60-49(24-17-26-53(60)61)51-39-46(40-54-59(51)50-23-13-15-25-52(50)63(54,5)6)64(45-31-28-42(29-32-45)41-18-9-7-10-19-41)58-35-34-55(65(58)44-20-11-8-12-21-44)43-30-33-48-47-22-14-16-27-56(47)66-57(48)38-43/h7-35,38-40H,36-37H2,1-6H3. The molecular formula is C63H54N2S. The van der Waals surface area contributed by atoms with Gasteiger partial charge in [-0.15, -0.1) is 11.3 Å². The van der Waals surface area contributed by atoms with Crippen LogP contribution in [0.4, 0.5) is 17.2 Å². The van der Waals surface area contributed by atoms with E-state index in [-0.39, 0.29) is 16.2 Å². The highest BCUT2D eigenvalue weighted by atomic mass is 32.1. The van der Waals surface area contributed by atoms with Gasteiger partial charge in [0.15, 0.2) is 0 Å². The lowest BCUT2D eigenvalue weighted by Gasteiger charge is -2.43. The summed E-state index contributed by atoms with van der Waals surface area (Å²) in [4.78, 5) is 2.52. The molecule has 0 bridgehead atoms. The summed E-state index contributed by atoms with van der Waals surface area (Å²) in [5.41, 5.74) is 19.1. The number of thiophene rings is 1. The zero-order valence-electron chi connectivity index (χ0n) is 38.7. The Bertz CT molecular complexity index is 3490. The van der Waals surface area contributed by atoms with Crippen molar-refractivity contribution in [3.8, 4) is 50.3 Å². The number of hydrogen-bond donors (Lipinski definition) is 0. The fraction of sp³-hybridized carbons (Fsp3) is 0.175. The number of anilines is 3. The van der Waals surface area contributed by atoms with E-state index < -0.39 is 0 Å². The summed E-state index contributed by atoms with van der Waals surface area (Å²) in [5.74, 6) is 1.08. The summed E-state index contributed by atoms with van der Waals surface area (Å²) in [5, 5.41) is 2.62. The highest BCUT2D eigenvalue weighted by molar-refractivity contribution is 7.25. The van der Waals surface area contributed by atoms with Gasteiger partial charge in [-0.3, -0.25) is 9.47 Å². The molecule has 2 aliphatic carbocycles. The van der Waals surface area contributed by atoms with Gasteiger partial charge >= 0.3 is 0 Å². The average Bonchev–Trinajstić information content (AvgIpc) is 4.01. The zero-order chi connectivity index (χ0) is 45.0. The molecule has 2 aromatic heterocycles. The molecule has 66 heavy (non-hydrogen) atoms. The first-order valence-electron chi connectivity index (χ1n) is 23.6. The zero-order valence-corrected chi connectivity index (χ0v) is 39.5. The fourth-order valence-corrected chi connectivity index (χ4v) is 12.6. The van der Waals surface area contributed by atoms with Gasteiger partial charge in [0, 0.05) is 48.2 Å². The number of fused-ring (bicyclic) bond motifs is 7. The van der Waals surface area contributed by atoms with Crippen molar-refractivity contribution in [1.82, 2.24) is 4.57 Å². The van der Waals surface area contributed by atoms with Crippen molar-refractivity contribution in [3.63, 3.8) is 0 Å². The van der Waals surface area contributed by atoms with E-state index in [1.165, 1.54) is 87.8 Å². The maximum atomic E-state index is 2.53. The van der Waals surface area contributed by atoms with Crippen LogP contribution in [0.1, 0.15) is 76.6 Å². The lowest BCUT2D eigenvalue weighted by atomic mass is 9.61. The monoisotopic (exact) mass is 870 g/mol. The molecule has 10 aromatic rings. The van der Waals surface area contributed by atoms with Crippen molar-refractivity contribution < 1.29 is 0 Å². The van der Waals surface area contributed by atoms with Crippen molar-refractivity contribution in [2.45, 2.75) is 70.6 Å². The topological polar surface area (TPSA) is 8.17 Å². The minimum atomic E-state index is -0.227. The minimum Gasteiger partial charge on any atom is -0.296 e. The van der Waals surface area contributed by atoms with Crippen LogP contribution < -0.4 is 4.90 Å². The molecule has 2 nitrogen and oxygen atoms in total. The lowest BCUT2D eigenvalue weighted by molar-refractivity contribution is 0.333. The third-order valence-electron chi connectivity index (χ3n) is 15.1. The molecule has 0 N–H and O–H groups in total. The number of hydrogen-bond acceptors (Lipinski definition) is 2. The largest absolute Gasteiger partial charge is 0.296 e. The van der Waals surface area contributed by atoms with Crippen LogP contribution in [0.25, 0.3) is 70.5 Å². The van der Waals surface area contributed by atoms with Gasteiger partial charge in [-0.05, 0) is 140 Å². The quantitative estimate of drug-likeness (QED) is 0.155. The molecule has 0 amide bonds. The summed E-state index contributed by atoms with van der Waals surface area (Å²) in [6.07, 6.45) is 2.32. The van der Waals surface area contributed by atoms with E-state index in [9.17, 15) is 0 Å². The van der Waals surface area contributed by atoms with Gasteiger partial charge in [-0.2, -0.15) is 0 Å². The van der Waals surface area contributed by atoms with Crippen molar-refractivity contribution in [2.24, 2.45) is 0 Å². The third kappa shape index (κ3) is 6.35. The van der Waals surface area contributed by atoms with Crippen LogP contribution in [0, 0.1) is 0 Å². The maximum Gasteiger partial charge on any atom is 0.122 e. The first kappa shape index (κ1) is 40.6. The maximum absolute atomic E-state index is 2.53. The Morgan fingerprint density at radius 1 is 0.439 bits per heavy atom. The molecule has 2 heterocycles. The minimum absolute atomic E-state index is 0.0113. The normalized spacial score (nSPS) is 15.4. The predicted octanol–water partition coefficient (Wildman–Crippen LogP) is 18.0. The number of aromatic nitrogens is 1. The second kappa shape index (κ2) is 15.1. The number of benzene rings is 8. The Morgan fingerprint density at radius 3 is 1.88 bits per heavy atom. The molecule has 12 rings (SSSR count). The summed E-state index contributed by atoms with van der Waals surface area (Å²) < 4.78 is 5.09. The first-order valence-corrected chi connectivity index (χ1v) is 24.4. The second-order valence-electron chi connectivity index (χ2n) is 20.4. The van der Waals surface area contributed by atoms with Gasteiger partial charge in [0.2, 0.25) is 0 Å². The molecule has 8 aromatic carbocycles.